The maximum Gasteiger partial charge on any atom is 0.131 e. The second-order valence-corrected chi connectivity index (χ2v) is 4.92. The van der Waals surface area contributed by atoms with E-state index in [2.05, 4.69) is 31.0 Å². The molecule has 3 nitrogen and oxygen atoms in total. The molecule has 3 rings (SSSR count). The molecular weight excluding hydrogens is 242 g/mol. The minimum atomic E-state index is 0.676. The highest BCUT2D eigenvalue weighted by Gasteiger charge is 2.27. The molecule has 2 heterocycles. The lowest BCUT2D eigenvalue weighted by atomic mass is 9.93. The fraction of sp³-hybridized carbons (Fsp3) is 0.700. The van der Waals surface area contributed by atoms with Gasteiger partial charge < -0.3 is 5.32 Å². The van der Waals surface area contributed by atoms with Crippen molar-refractivity contribution in [2.75, 3.05) is 6.54 Å². The van der Waals surface area contributed by atoms with Gasteiger partial charge in [-0.1, -0.05) is 0 Å². The van der Waals surface area contributed by atoms with Crippen molar-refractivity contribution in [2.24, 2.45) is 0 Å². The van der Waals surface area contributed by atoms with Crippen LogP contribution in [0.5, 0.6) is 0 Å². The van der Waals surface area contributed by atoms with Crippen molar-refractivity contribution in [3.8, 4) is 0 Å². The van der Waals surface area contributed by atoms with E-state index in [9.17, 15) is 0 Å². The number of halogens is 1. The number of aromatic nitrogens is 2. The van der Waals surface area contributed by atoms with E-state index in [-0.39, 0.29) is 0 Å². The van der Waals surface area contributed by atoms with Crippen LogP contribution in [0.1, 0.15) is 36.6 Å². The van der Waals surface area contributed by atoms with Crippen LogP contribution < -0.4 is 5.32 Å². The molecule has 0 amide bonds. The van der Waals surface area contributed by atoms with Gasteiger partial charge in [0.25, 0.3) is 0 Å². The highest BCUT2D eigenvalue weighted by molar-refractivity contribution is 9.10. The molecule has 1 aromatic heterocycles. The van der Waals surface area contributed by atoms with Crippen LogP contribution in [-0.4, -0.2) is 16.3 Å². The third kappa shape index (κ3) is 1.24. The largest absolute Gasteiger partial charge is 0.311 e. The number of hydrogen-bond acceptors (Lipinski definition) is 2. The molecule has 0 unspecified atom stereocenters. The van der Waals surface area contributed by atoms with Gasteiger partial charge in [-0.25, -0.2) is 0 Å². The van der Waals surface area contributed by atoms with E-state index in [1.165, 1.54) is 30.5 Å². The second-order valence-electron chi connectivity index (χ2n) is 4.17. The van der Waals surface area contributed by atoms with E-state index >= 15 is 0 Å². The van der Waals surface area contributed by atoms with Crippen molar-refractivity contribution in [1.29, 1.82) is 0 Å². The van der Waals surface area contributed by atoms with Crippen LogP contribution >= 0.6 is 15.9 Å². The van der Waals surface area contributed by atoms with Crippen molar-refractivity contribution in [1.82, 2.24) is 15.1 Å². The molecule has 1 aliphatic carbocycles. The summed E-state index contributed by atoms with van der Waals surface area (Å²) in [5, 5.41) is 8.02. The van der Waals surface area contributed by atoms with Crippen LogP contribution in [0.3, 0.4) is 0 Å². The smallest absolute Gasteiger partial charge is 0.131 e. The van der Waals surface area contributed by atoms with Gasteiger partial charge >= 0.3 is 0 Å². The van der Waals surface area contributed by atoms with Gasteiger partial charge in [0.2, 0.25) is 0 Å². The summed E-state index contributed by atoms with van der Waals surface area (Å²) in [6, 6.07) is 0.676. The second kappa shape index (κ2) is 3.35. The Morgan fingerprint density at radius 2 is 2.29 bits per heavy atom. The summed E-state index contributed by atoms with van der Waals surface area (Å²) in [7, 11) is 0. The minimum Gasteiger partial charge on any atom is -0.311 e. The fourth-order valence-electron chi connectivity index (χ4n) is 2.26. The number of rotatable bonds is 1. The molecule has 0 saturated heterocycles. The summed E-state index contributed by atoms with van der Waals surface area (Å²) in [6.07, 6.45) is 5.09. The van der Waals surface area contributed by atoms with Crippen molar-refractivity contribution >= 4 is 15.9 Å². The van der Waals surface area contributed by atoms with Gasteiger partial charge in [0.15, 0.2) is 0 Å². The Hall–Kier alpha value is -0.350. The van der Waals surface area contributed by atoms with E-state index in [1.807, 2.05) is 0 Å². The first kappa shape index (κ1) is 8.92. The Morgan fingerprint density at radius 1 is 1.43 bits per heavy atom. The lowest BCUT2D eigenvalue weighted by Gasteiger charge is -2.28. The maximum absolute atomic E-state index is 4.61. The topological polar surface area (TPSA) is 29.9 Å². The fourth-order valence-corrected chi connectivity index (χ4v) is 2.86. The monoisotopic (exact) mass is 255 g/mol. The number of nitrogens with zero attached hydrogens (tertiary/aromatic N) is 2. The van der Waals surface area contributed by atoms with Gasteiger partial charge in [-0.3, -0.25) is 4.68 Å². The summed E-state index contributed by atoms with van der Waals surface area (Å²) in [6.45, 7) is 2.08. The van der Waals surface area contributed by atoms with Crippen LogP contribution in [0.4, 0.5) is 0 Å². The Morgan fingerprint density at radius 3 is 3.00 bits per heavy atom. The SMILES string of the molecule is Brc1nn(C2CCC2)c2c1CCNC2. The molecule has 0 aromatic carbocycles. The maximum atomic E-state index is 4.61. The zero-order chi connectivity index (χ0) is 9.54. The molecule has 1 N–H and O–H groups in total. The number of hydrogen-bond donors (Lipinski definition) is 1. The zero-order valence-electron chi connectivity index (χ0n) is 8.09. The standard InChI is InChI=1S/C10H14BrN3/c11-10-8-4-5-12-6-9(8)14(13-10)7-2-1-3-7/h7,12H,1-6H2. The predicted octanol–water partition coefficient (Wildman–Crippen LogP) is 2.02. The first-order chi connectivity index (χ1) is 6.86. The Kier molecular flexibility index (Phi) is 2.13. The van der Waals surface area contributed by atoms with Crippen molar-refractivity contribution in [3.05, 3.63) is 15.9 Å². The number of nitrogens with one attached hydrogen (secondary N) is 1. The Bertz CT molecular complexity index is 354. The van der Waals surface area contributed by atoms with E-state index in [0.717, 1.165) is 24.1 Å². The van der Waals surface area contributed by atoms with E-state index in [4.69, 9.17) is 0 Å². The van der Waals surface area contributed by atoms with Crippen LogP contribution in [0, 0.1) is 0 Å². The van der Waals surface area contributed by atoms with Gasteiger partial charge in [0.1, 0.15) is 4.60 Å². The van der Waals surface area contributed by atoms with Crippen LogP contribution in [0.15, 0.2) is 4.60 Å². The lowest BCUT2D eigenvalue weighted by molar-refractivity contribution is 0.279. The molecule has 0 radical (unpaired) electrons. The summed E-state index contributed by atoms with van der Waals surface area (Å²) in [5.74, 6) is 0. The lowest BCUT2D eigenvalue weighted by Crippen LogP contribution is -2.28. The zero-order valence-corrected chi connectivity index (χ0v) is 9.68. The molecule has 1 fully saturated rings. The minimum absolute atomic E-state index is 0.676. The first-order valence-electron chi connectivity index (χ1n) is 5.33. The van der Waals surface area contributed by atoms with Gasteiger partial charge in [-0.05, 0) is 48.2 Å². The summed E-state index contributed by atoms with van der Waals surface area (Å²) < 4.78 is 3.32. The quantitative estimate of drug-likeness (QED) is 0.833. The van der Waals surface area contributed by atoms with Crippen LogP contribution in [-0.2, 0) is 13.0 Å². The van der Waals surface area contributed by atoms with E-state index in [0.29, 0.717) is 6.04 Å². The highest BCUT2D eigenvalue weighted by atomic mass is 79.9. The Labute approximate surface area is 92.0 Å². The predicted molar refractivity (Wildman–Crippen MR) is 58.2 cm³/mol. The third-order valence-electron chi connectivity index (χ3n) is 3.33. The summed E-state index contributed by atoms with van der Waals surface area (Å²) >= 11 is 3.56. The molecule has 0 spiro atoms. The van der Waals surface area contributed by atoms with Gasteiger partial charge in [0.05, 0.1) is 11.7 Å². The summed E-state index contributed by atoms with van der Waals surface area (Å²) in [4.78, 5) is 0. The highest BCUT2D eigenvalue weighted by Crippen LogP contribution is 2.35. The third-order valence-corrected chi connectivity index (χ3v) is 3.97. The molecule has 4 heteroatoms. The molecule has 1 aromatic rings. The van der Waals surface area contributed by atoms with Crippen molar-refractivity contribution < 1.29 is 0 Å². The van der Waals surface area contributed by atoms with Crippen molar-refractivity contribution in [2.45, 2.75) is 38.3 Å². The van der Waals surface area contributed by atoms with Gasteiger partial charge in [-0.2, -0.15) is 5.10 Å². The molecular formula is C10H14BrN3. The molecule has 0 bridgehead atoms. The van der Waals surface area contributed by atoms with E-state index < -0.39 is 0 Å². The average Bonchev–Trinajstić information content (AvgIpc) is 2.43. The van der Waals surface area contributed by atoms with Crippen LogP contribution in [0.2, 0.25) is 0 Å². The van der Waals surface area contributed by atoms with Gasteiger partial charge in [0, 0.05) is 12.1 Å². The molecule has 14 heavy (non-hydrogen) atoms. The normalized spacial score (nSPS) is 21.8. The molecule has 76 valence electrons. The average molecular weight is 256 g/mol. The Balaban J connectivity index is 2.02. The van der Waals surface area contributed by atoms with Crippen LogP contribution in [0.25, 0.3) is 0 Å². The first-order valence-corrected chi connectivity index (χ1v) is 6.12. The molecule has 0 atom stereocenters. The number of fused-ring (bicyclic) bond motifs is 1. The molecule has 1 aliphatic heterocycles. The van der Waals surface area contributed by atoms with Crippen molar-refractivity contribution in [3.63, 3.8) is 0 Å². The molecule has 1 saturated carbocycles. The summed E-state index contributed by atoms with van der Waals surface area (Å²) in [5.41, 5.74) is 2.84. The molecule has 2 aliphatic rings. The van der Waals surface area contributed by atoms with Gasteiger partial charge in [-0.15, -0.1) is 0 Å². The van der Waals surface area contributed by atoms with E-state index in [1.54, 1.807) is 0 Å².